The van der Waals surface area contributed by atoms with Crippen molar-refractivity contribution in [2.45, 2.75) is 38.8 Å². The second-order valence-corrected chi connectivity index (χ2v) is 7.92. The summed E-state index contributed by atoms with van der Waals surface area (Å²) in [6, 6.07) is 10.3. The Labute approximate surface area is 149 Å². The van der Waals surface area contributed by atoms with Crippen molar-refractivity contribution in [1.29, 1.82) is 0 Å². The van der Waals surface area contributed by atoms with Crippen molar-refractivity contribution in [2.24, 2.45) is 0 Å². The van der Waals surface area contributed by atoms with Crippen LogP contribution < -0.4 is 5.32 Å². The standard InChI is InChI=1S/C18H21BrN2OS/c1-13-4-2-3-9-21(13)18(22)14-5-7-16(8-6-14)20-11-17-10-15(19)12-23-17/h5-8,10,12-13,20H,2-4,9,11H2,1H3/t13-/m1/s1. The van der Waals surface area contributed by atoms with Gasteiger partial charge in [-0.3, -0.25) is 4.79 Å². The van der Waals surface area contributed by atoms with Crippen LogP contribution in [0.3, 0.4) is 0 Å². The number of hydrogen-bond donors (Lipinski definition) is 1. The number of hydrogen-bond acceptors (Lipinski definition) is 3. The normalized spacial score (nSPS) is 18.0. The third kappa shape index (κ3) is 4.15. The van der Waals surface area contributed by atoms with Gasteiger partial charge in [-0.05, 0) is 72.4 Å². The first-order valence-electron chi connectivity index (χ1n) is 8.01. The average Bonchev–Trinajstić information content (AvgIpc) is 2.99. The van der Waals surface area contributed by atoms with E-state index in [2.05, 4.69) is 39.6 Å². The van der Waals surface area contributed by atoms with Crippen LogP contribution in [-0.4, -0.2) is 23.4 Å². The van der Waals surface area contributed by atoms with Gasteiger partial charge in [0.15, 0.2) is 0 Å². The minimum Gasteiger partial charge on any atom is -0.380 e. The minimum atomic E-state index is 0.158. The Hall–Kier alpha value is -1.33. The number of carbonyl (C=O) groups excluding carboxylic acids is 1. The van der Waals surface area contributed by atoms with E-state index in [1.807, 2.05) is 29.2 Å². The van der Waals surface area contributed by atoms with Gasteiger partial charge in [0.2, 0.25) is 0 Å². The number of piperidine rings is 1. The molecule has 0 bridgehead atoms. The monoisotopic (exact) mass is 392 g/mol. The van der Waals surface area contributed by atoms with Gasteiger partial charge < -0.3 is 10.2 Å². The summed E-state index contributed by atoms with van der Waals surface area (Å²) in [4.78, 5) is 15.9. The molecule has 23 heavy (non-hydrogen) atoms. The fourth-order valence-electron chi connectivity index (χ4n) is 2.93. The van der Waals surface area contributed by atoms with Gasteiger partial charge in [0.1, 0.15) is 0 Å². The number of thiophene rings is 1. The maximum Gasteiger partial charge on any atom is 0.254 e. The van der Waals surface area contributed by atoms with Crippen LogP contribution in [0.4, 0.5) is 5.69 Å². The molecule has 1 N–H and O–H groups in total. The summed E-state index contributed by atoms with van der Waals surface area (Å²) in [5.41, 5.74) is 1.82. The van der Waals surface area contributed by atoms with Crippen LogP contribution in [0.1, 0.15) is 41.4 Å². The molecule has 1 fully saturated rings. The lowest BCUT2D eigenvalue weighted by Crippen LogP contribution is -2.41. The molecule has 2 heterocycles. The number of benzene rings is 1. The SMILES string of the molecule is C[C@@H]1CCCCN1C(=O)c1ccc(NCc2cc(Br)cs2)cc1. The molecule has 1 aromatic carbocycles. The molecule has 1 amide bonds. The molecule has 3 nitrogen and oxygen atoms in total. The zero-order chi connectivity index (χ0) is 16.2. The molecule has 0 radical (unpaired) electrons. The van der Waals surface area contributed by atoms with Crippen LogP contribution >= 0.6 is 27.3 Å². The van der Waals surface area contributed by atoms with E-state index in [1.165, 1.54) is 11.3 Å². The largest absolute Gasteiger partial charge is 0.380 e. The molecule has 1 aliphatic rings. The van der Waals surface area contributed by atoms with E-state index in [0.717, 1.165) is 41.7 Å². The highest BCUT2D eigenvalue weighted by Crippen LogP contribution is 2.22. The number of nitrogens with one attached hydrogen (secondary N) is 1. The number of nitrogens with zero attached hydrogens (tertiary/aromatic N) is 1. The van der Waals surface area contributed by atoms with Gasteiger partial charge in [-0.15, -0.1) is 11.3 Å². The highest BCUT2D eigenvalue weighted by Gasteiger charge is 2.23. The lowest BCUT2D eigenvalue weighted by Gasteiger charge is -2.33. The van der Waals surface area contributed by atoms with Crippen molar-refractivity contribution in [1.82, 2.24) is 4.90 Å². The Morgan fingerprint density at radius 3 is 2.78 bits per heavy atom. The molecule has 3 rings (SSSR count). The quantitative estimate of drug-likeness (QED) is 0.780. The molecule has 0 spiro atoms. The molecule has 0 aliphatic carbocycles. The second-order valence-electron chi connectivity index (χ2n) is 6.01. The molecule has 122 valence electrons. The number of likely N-dealkylation sites (tertiary alicyclic amines) is 1. The van der Waals surface area contributed by atoms with Gasteiger partial charge in [-0.25, -0.2) is 0 Å². The van der Waals surface area contributed by atoms with Crippen molar-refractivity contribution in [3.63, 3.8) is 0 Å². The van der Waals surface area contributed by atoms with Gasteiger partial charge in [0, 0.05) is 45.1 Å². The third-order valence-corrected chi connectivity index (χ3v) is 5.98. The van der Waals surface area contributed by atoms with Gasteiger partial charge in [-0.1, -0.05) is 0 Å². The predicted molar refractivity (Wildman–Crippen MR) is 100 cm³/mol. The molecule has 1 saturated heterocycles. The zero-order valence-electron chi connectivity index (χ0n) is 13.2. The Morgan fingerprint density at radius 2 is 2.13 bits per heavy atom. The first kappa shape index (κ1) is 16.5. The smallest absolute Gasteiger partial charge is 0.254 e. The molecule has 5 heteroatoms. The van der Waals surface area contributed by atoms with E-state index in [9.17, 15) is 4.79 Å². The summed E-state index contributed by atoms with van der Waals surface area (Å²) in [5.74, 6) is 0.158. The van der Waals surface area contributed by atoms with Crippen LogP contribution in [0.2, 0.25) is 0 Å². The molecular weight excluding hydrogens is 372 g/mol. The summed E-state index contributed by atoms with van der Waals surface area (Å²) >= 11 is 5.19. The topological polar surface area (TPSA) is 32.3 Å². The van der Waals surface area contributed by atoms with Crippen molar-refractivity contribution >= 4 is 38.9 Å². The maximum atomic E-state index is 12.6. The van der Waals surface area contributed by atoms with E-state index < -0.39 is 0 Å². The lowest BCUT2D eigenvalue weighted by molar-refractivity contribution is 0.0635. The van der Waals surface area contributed by atoms with Gasteiger partial charge in [-0.2, -0.15) is 0 Å². The Morgan fingerprint density at radius 1 is 1.35 bits per heavy atom. The Balaban J connectivity index is 1.61. The number of rotatable bonds is 4. The van der Waals surface area contributed by atoms with E-state index in [4.69, 9.17) is 0 Å². The Kier molecular flexibility index (Phi) is 5.38. The maximum absolute atomic E-state index is 12.6. The molecule has 0 unspecified atom stereocenters. The zero-order valence-corrected chi connectivity index (χ0v) is 15.6. The number of halogens is 1. The fraction of sp³-hybridized carbons (Fsp3) is 0.389. The molecular formula is C18H21BrN2OS. The summed E-state index contributed by atoms with van der Waals surface area (Å²) in [5, 5.41) is 5.48. The van der Waals surface area contributed by atoms with Crippen LogP contribution in [0, 0.1) is 0 Å². The van der Waals surface area contributed by atoms with Gasteiger partial charge >= 0.3 is 0 Å². The third-order valence-electron chi connectivity index (χ3n) is 4.28. The minimum absolute atomic E-state index is 0.158. The summed E-state index contributed by atoms with van der Waals surface area (Å²) in [6.45, 7) is 3.83. The first-order valence-corrected chi connectivity index (χ1v) is 9.68. The number of anilines is 1. The van der Waals surface area contributed by atoms with E-state index in [0.29, 0.717) is 6.04 Å². The molecule has 1 aliphatic heterocycles. The highest BCUT2D eigenvalue weighted by atomic mass is 79.9. The van der Waals surface area contributed by atoms with Crippen LogP contribution in [0.25, 0.3) is 0 Å². The number of carbonyl (C=O) groups is 1. The van der Waals surface area contributed by atoms with Crippen molar-refractivity contribution < 1.29 is 4.79 Å². The molecule has 2 aromatic rings. The molecule has 1 aromatic heterocycles. The van der Waals surface area contributed by atoms with Crippen LogP contribution in [0.5, 0.6) is 0 Å². The van der Waals surface area contributed by atoms with Gasteiger partial charge in [0.25, 0.3) is 5.91 Å². The van der Waals surface area contributed by atoms with Crippen molar-refractivity contribution in [3.05, 3.63) is 50.6 Å². The molecule has 0 saturated carbocycles. The summed E-state index contributed by atoms with van der Waals surface area (Å²) < 4.78 is 1.12. The van der Waals surface area contributed by atoms with E-state index >= 15 is 0 Å². The number of amides is 1. The molecule has 1 atom stereocenters. The highest BCUT2D eigenvalue weighted by molar-refractivity contribution is 9.10. The second kappa shape index (κ2) is 7.49. The average molecular weight is 393 g/mol. The van der Waals surface area contributed by atoms with E-state index in [1.54, 1.807) is 11.3 Å². The lowest BCUT2D eigenvalue weighted by atomic mass is 10.0. The Bertz CT molecular complexity index is 668. The van der Waals surface area contributed by atoms with Crippen LogP contribution in [0.15, 0.2) is 40.2 Å². The van der Waals surface area contributed by atoms with Crippen molar-refractivity contribution in [2.75, 3.05) is 11.9 Å². The predicted octanol–water partition coefficient (Wildman–Crippen LogP) is 5.14. The fourth-order valence-corrected chi connectivity index (χ4v) is 4.32. The van der Waals surface area contributed by atoms with Gasteiger partial charge in [0.05, 0.1) is 0 Å². The van der Waals surface area contributed by atoms with Crippen LogP contribution in [-0.2, 0) is 6.54 Å². The van der Waals surface area contributed by atoms with Crippen molar-refractivity contribution in [3.8, 4) is 0 Å². The first-order chi connectivity index (χ1) is 11.1. The summed E-state index contributed by atoms with van der Waals surface area (Å²) in [7, 11) is 0. The van der Waals surface area contributed by atoms with E-state index in [-0.39, 0.29) is 5.91 Å². The summed E-state index contributed by atoms with van der Waals surface area (Å²) in [6.07, 6.45) is 3.46.